The monoisotopic (exact) mass is 289 g/mol. The molecule has 0 aliphatic heterocycles. The number of rotatable bonds is 6. The van der Waals surface area contributed by atoms with Gasteiger partial charge in [0.1, 0.15) is 0 Å². The van der Waals surface area contributed by atoms with Gasteiger partial charge in [-0.2, -0.15) is 5.10 Å². The molecular weight excluding hydrogens is 270 g/mol. The molecule has 0 spiro atoms. The Labute approximate surface area is 105 Å². The first-order valence-corrected chi connectivity index (χ1v) is 6.49. The number of hydrogen-bond donors (Lipinski definition) is 2. The average Bonchev–Trinajstić information content (AvgIpc) is 2.56. The lowest BCUT2D eigenvalue weighted by Gasteiger charge is -2.11. The normalized spacial score (nSPS) is 13.1. The van der Waals surface area contributed by atoms with Gasteiger partial charge in [-0.1, -0.05) is 6.92 Å². The van der Waals surface area contributed by atoms with E-state index in [1.807, 2.05) is 11.7 Å². The van der Waals surface area contributed by atoms with Crippen LogP contribution in [0.25, 0.3) is 0 Å². The van der Waals surface area contributed by atoms with E-state index in [2.05, 4.69) is 40.2 Å². The van der Waals surface area contributed by atoms with E-state index in [1.165, 1.54) is 0 Å². The van der Waals surface area contributed by atoms with Gasteiger partial charge in [0.15, 0.2) is 0 Å². The maximum Gasteiger partial charge on any atom is 0.0766 e. The molecule has 2 N–H and O–H groups in total. The highest BCUT2D eigenvalue weighted by atomic mass is 79.9. The minimum absolute atomic E-state index is 0.368. The van der Waals surface area contributed by atoms with Crippen LogP contribution in [0.15, 0.2) is 4.47 Å². The number of likely N-dealkylation sites (N-methyl/N-ethyl adjacent to an activating group) is 1. The molecule has 1 aromatic heterocycles. The van der Waals surface area contributed by atoms with Gasteiger partial charge in [0.25, 0.3) is 0 Å². The van der Waals surface area contributed by atoms with Gasteiger partial charge >= 0.3 is 0 Å². The molecule has 1 unspecified atom stereocenters. The van der Waals surface area contributed by atoms with Crippen LogP contribution in [0, 0.1) is 0 Å². The van der Waals surface area contributed by atoms with Crippen LogP contribution in [-0.4, -0.2) is 34.6 Å². The van der Waals surface area contributed by atoms with Crippen LogP contribution in [0.5, 0.6) is 0 Å². The second-order valence-electron chi connectivity index (χ2n) is 3.79. The summed E-state index contributed by atoms with van der Waals surface area (Å²) in [6.45, 7) is 5.58. The lowest BCUT2D eigenvalue weighted by atomic mass is 10.2. The Hall–Kier alpha value is -0.390. The number of hydrogen-bond acceptors (Lipinski definition) is 3. The fourth-order valence-electron chi connectivity index (χ4n) is 1.74. The Kier molecular flexibility index (Phi) is 5.44. The number of nitrogens with zero attached hydrogens (tertiary/aromatic N) is 2. The molecule has 0 bridgehead atoms. The Bertz CT molecular complexity index is 338. The van der Waals surface area contributed by atoms with Crippen molar-refractivity contribution in [3.8, 4) is 0 Å². The molecule has 0 saturated heterocycles. The number of nitrogens with one attached hydrogen (secondary N) is 1. The average molecular weight is 290 g/mol. The summed E-state index contributed by atoms with van der Waals surface area (Å²) in [5.41, 5.74) is 2.15. The lowest BCUT2D eigenvalue weighted by Crippen LogP contribution is -2.26. The van der Waals surface area contributed by atoms with Crippen LogP contribution in [0.4, 0.5) is 0 Å². The summed E-state index contributed by atoms with van der Waals surface area (Å²) in [6.07, 6.45) is 1.17. The third kappa shape index (κ3) is 3.06. The van der Waals surface area contributed by atoms with E-state index < -0.39 is 0 Å². The van der Waals surface area contributed by atoms with Crippen LogP contribution in [-0.2, 0) is 19.4 Å². The highest BCUT2D eigenvalue weighted by molar-refractivity contribution is 9.10. The molecule has 1 rings (SSSR count). The first kappa shape index (κ1) is 13.7. The van der Waals surface area contributed by atoms with Gasteiger partial charge in [0, 0.05) is 19.5 Å². The van der Waals surface area contributed by atoms with E-state index in [9.17, 15) is 5.11 Å². The quantitative estimate of drug-likeness (QED) is 0.831. The van der Waals surface area contributed by atoms with E-state index in [4.69, 9.17) is 0 Å². The summed E-state index contributed by atoms with van der Waals surface area (Å²) in [7, 11) is 1.84. The maximum atomic E-state index is 9.80. The van der Waals surface area contributed by atoms with Crippen LogP contribution in [0.1, 0.15) is 25.2 Å². The second-order valence-corrected chi connectivity index (χ2v) is 4.59. The smallest absolute Gasteiger partial charge is 0.0766 e. The number of aryl methyl sites for hydroxylation is 2. The van der Waals surface area contributed by atoms with Gasteiger partial charge in [-0.05, 0) is 36.3 Å². The summed E-state index contributed by atoms with van der Waals surface area (Å²) < 4.78 is 3.01. The minimum atomic E-state index is -0.368. The van der Waals surface area contributed by atoms with Gasteiger partial charge in [-0.3, -0.25) is 4.68 Å². The van der Waals surface area contributed by atoms with Crippen molar-refractivity contribution in [2.45, 2.75) is 39.3 Å². The van der Waals surface area contributed by atoms with Crippen LogP contribution < -0.4 is 5.32 Å². The molecule has 0 aromatic carbocycles. The van der Waals surface area contributed by atoms with Gasteiger partial charge in [-0.25, -0.2) is 0 Å². The molecule has 0 fully saturated rings. The first-order valence-electron chi connectivity index (χ1n) is 5.70. The Morgan fingerprint density at radius 3 is 2.69 bits per heavy atom. The van der Waals surface area contributed by atoms with Crippen molar-refractivity contribution in [2.24, 2.45) is 0 Å². The van der Waals surface area contributed by atoms with Gasteiger partial charge in [-0.15, -0.1) is 0 Å². The van der Waals surface area contributed by atoms with Crippen molar-refractivity contribution < 1.29 is 5.11 Å². The fraction of sp³-hybridized carbons (Fsp3) is 0.727. The van der Waals surface area contributed by atoms with E-state index in [-0.39, 0.29) is 6.10 Å². The number of aromatic nitrogens is 2. The third-order valence-corrected chi connectivity index (χ3v) is 3.48. The van der Waals surface area contributed by atoms with Crippen molar-refractivity contribution in [3.63, 3.8) is 0 Å². The molecule has 1 heterocycles. The van der Waals surface area contributed by atoms with Crippen molar-refractivity contribution in [2.75, 3.05) is 13.6 Å². The largest absolute Gasteiger partial charge is 0.391 e. The van der Waals surface area contributed by atoms with E-state index in [0.717, 1.165) is 28.8 Å². The summed E-state index contributed by atoms with van der Waals surface area (Å²) in [6, 6.07) is 0. The molecule has 0 saturated carbocycles. The first-order chi connectivity index (χ1) is 7.63. The Morgan fingerprint density at radius 1 is 1.50 bits per heavy atom. The molecule has 4 nitrogen and oxygen atoms in total. The van der Waals surface area contributed by atoms with Crippen molar-refractivity contribution in [3.05, 3.63) is 15.9 Å². The van der Waals surface area contributed by atoms with Crippen LogP contribution in [0.2, 0.25) is 0 Å². The van der Waals surface area contributed by atoms with Gasteiger partial charge in [0.05, 0.1) is 22.0 Å². The Morgan fingerprint density at radius 2 is 2.19 bits per heavy atom. The topological polar surface area (TPSA) is 50.1 Å². The maximum absolute atomic E-state index is 9.80. The van der Waals surface area contributed by atoms with Crippen molar-refractivity contribution in [1.82, 2.24) is 15.1 Å². The number of aliphatic hydroxyl groups is 1. The molecule has 1 aromatic rings. The molecular formula is C11H20BrN3O. The molecule has 0 radical (unpaired) electrons. The van der Waals surface area contributed by atoms with Crippen molar-refractivity contribution >= 4 is 15.9 Å². The molecule has 0 amide bonds. The van der Waals surface area contributed by atoms with Crippen LogP contribution in [0.3, 0.4) is 0 Å². The zero-order valence-corrected chi connectivity index (χ0v) is 11.7. The van der Waals surface area contributed by atoms with E-state index in [1.54, 1.807) is 0 Å². The highest BCUT2D eigenvalue weighted by Gasteiger charge is 2.16. The summed E-state index contributed by atoms with van der Waals surface area (Å²) in [5.74, 6) is 0. The fourth-order valence-corrected chi connectivity index (χ4v) is 2.47. The van der Waals surface area contributed by atoms with Crippen molar-refractivity contribution in [1.29, 1.82) is 0 Å². The Balaban J connectivity index is 2.88. The second kappa shape index (κ2) is 6.37. The zero-order chi connectivity index (χ0) is 12.1. The standard InChI is InChI=1S/C11H20BrN3O/c1-4-9-11(12)10(15(5-2)14-9)6-8(16)7-13-3/h8,13,16H,4-7H2,1-3H3. The van der Waals surface area contributed by atoms with E-state index in [0.29, 0.717) is 13.0 Å². The summed E-state index contributed by atoms with van der Waals surface area (Å²) in [5, 5.41) is 17.3. The predicted molar refractivity (Wildman–Crippen MR) is 68.6 cm³/mol. The summed E-state index contributed by atoms with van der Waals surface area (Å²) >= 11 is 3.57. The van der Waals surface area contributed by atoms with E-state index >= 15 is 0 Å². The molecule has 92 valence electrons. The molecule has 5 heteroatoms. The highest BCUT2D eigenvalue weighted by Crippen LogP contribution is 2.23. The third-order valence-electron chi connectivity index (χ3n) is 2.56. The van der Waals surface area contributed by atoms with Crippen LogP contribution >= 0.6 is 15.9 Å². The molecule has 0 aliphatic rings. The predicted octanol–water partition coefficient (Wildman–Crippen LogP) is 1.35. The summed E-state index contributed by atoms with van der Waals surface area (Å²) in [4.78, 5) is 0. The lowest BCUT2D eigenvalue weighted by molar-refractivity contribution is 0.172. The molecule has 16 heavy (non-hydrogen) atoms. The minimum Gasteiger partial charge on any atom is -0.391 e. The molecule has 0 aliphatic carbocycles. The molecule has 1 atom stereocenters. The SMILES string of the molecule is CCc1nn(CC)c(CC(O)CNC)c1Br. The van der Waals surface area contributed by atoms with Gasteiger partial charge < -0.3 is 10.4 Å². The number of halogens is 1. The zero-order valence-electron chi connectivity index (χ0n) is 10.1. The number of aliphatic hydroxyl groups excluding tert-OH is 1. The van der Waals surface area contributed by atoms with Gasteiger partial charge in [0.2, 0.25) is 0 Å².